The second-order valence-electron chi connectivity index (χ2n) is 5.32. The molecule has 2 rings (SSSR count). The van der Waals surface area contributed by atoms with Gasteiger partial charge in [-0.2, -0.15) is 4.76 Å². The zero-order chi connectivity index (χ0) is 17.2. The first-order chi connectivity index (χ1) is 10.7. The van der Waals surface area contributed by atoms with Gasteiger partial charge in [-0.3, -0.25) is 0 Å². The third kappa shape index (κ3) is 4.53. The van der Waals surface area contributed by atoms with Crippen LogP contribution < -0.4 is 0 Å². The second kappa shape index (κ2) is 6.68. The van der Waals surface area contributed by atoms with Crippen molar-refractivity contribution in [2.45, 2.75) is 25.4 Å². The molecule has 0 bridgehead atoms. The Balaban J connectivity index is 2.35. The minimum Gasteiger partial charge on any atom is -0.508 e. The van der Waals surface area contributed by atoms with E-state index in [-0.39, 0.29) is 29.2 Å². The number of aliphatic hydroxyl groups is 2. The maximum atomic E-state index is 11.1. The van der Waals surface area contributed by atoms with Crippen LogP contribution in [0.5, 0.6) is 5.75 Å². The Bertz CT molecular complexity index is 716. The molecular weight excluding hydrogens is 321 g/mol. The average molecular weight is 339 g/mol. The van der Waals surface area contributed by atoms with Crippen LogP contribution in [0.2, 0.25) is 0 Å². The summed E-state index contributed by atoms with van der Waals surface area (Å²) in [7, 11) is -4.65. The van der Waals surface area contributed by atoms with Crippen LogP contribution >= 0.6 is 7.75 Å². The number of benzene rings is 1. The van der Waals surface area contributed by atoms with Gasteiger partial charge in [-0.25, -0.2) is 4.57 Å². The van der Waals surface area contributed by atoms with E-state index in [1.807, 2.05) is 0 Å². The van der Waals surface area contributed by atoms with Crippen molar-refractivity contribution < 1.29 is 29.7 Å². The summed E-state index contributed by atoms with van der Waals surface area (Å²) in [6.45, 7) is 1.72. The first kappa shape index (κ1) is 17.4. The maximum Gasteiger partial charge on any atom is 0.448 e. The normalized spacial score (nSPS) is 19.9. The van der Waals surface area contributed by atoms with Crippen LogP contribution in [0.25, 0.3) is 0 Å². The zero-order valence-electron chi connectivity index (χ0n) is 12.4. The predicted octanol–water partition coefficient (Wildman–Crippen LogP) is 2.16. The number of phenols is 1. The fourth-order valence-corrected chi connectivity index (χ4v) is 2.87. The molecule has 5 N–H and O–H groups in total. The smallest absolute Gasteiger partial charge is 0.448 e. The summed E-state index contributed by atoms with van der Waals surface area (Å²) in [4.78, 5) is 18.1. The maximum absolute atomic E-state index is 11.1. The Labute approximate surface area is 133 Å². The Morgan fingerprint density at radius 3 is 2.35 bits per heavy atom. The fraction of sp³-hybridized carbons (Fsp3) is 0.267. The van der Waals surface area contributed by atoms with Gasteiger partial charge in [0.15, 0.2) is 0 Å². The lowest BCUT2D eigenvalue weighted by molar-refractivity contribution is 0.189. The van der Waals surface area contributed by atoms with Gasteiger partial charge in [-0.15, -0.1) is 0 Å². The molecule has 8 heteroatoms. The molecule has 1 aliphatic carbocycles. The van der Waals surface area contributed by atoms with Crippen LogP contribution in [-0.2, 0) is 4.57 Å². The van der Waals surface area contributed by atoms with Gasteiger partial charge in [0.2, 0.25) is 0 Å². The standard InChI is InChI=1S/C15H18NO6P/c1-9(10-2-4-11(17)5-3-10)15(19)13-8-12(18)6-7-14(13)16-23(20,21)22/h2-6,8-9,15,17-19H,7H2,1H3,(H2,20,21,22). The number of hydrogen-bond acceptors (Lipinski definition) is 4. The molecule has 0 saturated carbocycles. The van der Waals surface area contributed by atoms with E-state index in [4.69, 9.17) is 9.79 Å². The number of aliphatic hydroxyl groups excluding tert-OH is 2. The minimum atomic E-state index is -4.65. The molecule has 0 aromatic heterocycles. The minimum absolute atomic E-state index is 0.0160. The van der Waals surface area contributed by atoms with E-state index >= 15 is 0 Å². The van der Waals surface area contributed by atoms with Crippen LogP contribution in [0.1, 0.15) is 24.8 Å². The third-order valence-corrected chi connectivity index (χ3v) is 4.11. The van der Waals surface area contributed by atoms with E-state index in [0.717, 1.165) is 5.56 Å². The van der Waals surface area contributed by atoms with Crippen molar-refractivity contribution in [1.29, 1.82) is 0 Å². The number of rotatable bonds is 4. The molecule has 7 nitrogen and oxygen atoms in total. The molecule has 0 saturated heterocycles. The van der Waals surface area contributed by atoms with E-state index < -0.39 is 19.8 Å². The molecule has 0 spiro atoms. The van der Waals surface area contributed by atoms with Crippen molar-refractivity contribution in [2.75, 3.05) is 0 Å². The van der Waals surface area contributed by atoms with Crippen LogP contribution in [0.4, 0.5) is 0 Å². The van der Waals surface area contributed by atoms with E-state index in [2.05, 4.69) is 4.76 Å². The molecule has 1 aromatic rings. The van der Waals surface area contributed by atoms with E-state index in [9.17, 15) is 19.9 Å². The summed E-state index contributed by atoms with van der Waals surface area (Å²) < 4.78 is 14.5. The highest BCUT2D eigenvalue weighted by Crippen LogP contribution is 2.39. The monoisotopic (exact) mass is 339 g/mol. The van der Waals surface area contributed by atoms with Gasteiger partial charge in [0.25, 0.3) is 0 Å². The highest BCUT2D eigenvalue weighted by Gasteiger charge is 2.27. The lowest BCUT2D eigenvalue weighted by Crippen LogP contribution is -2.25. The summed E-state index contributed by atoms with van der Waals surface area (Å²) >= 11 is 0. The molecule has 1 aromatic carbocycles. The van der Waals surface area contributed by atoms with Gasteiger partial charge in [-0.05, 0) is 29.8 Å². The van der Waals surface area contributed by atoms with Gasteiger partial charge in [-0.1, -0.05) is 19.1 Å². The molecule has 1 aliphatic rings. The molecule has 0 radical (unpaired) electrons. The van der Waals surface area contributed by atoms with Crippen LogP contribution in [0.15, 0.2) is 52.5 Å². The predicted molar refractivity (Wildman–Crippen MR) is 85.4 cm³/mol. The van der Waals surface area contributed by atoms with Gasteiger partial charge in [0, 0.05) is 17.9 Å². The van der Waals surface area contributed by atoms with Gasteiger partial charge >= 0.3 is 7.75 Å². The van der Waals surface area contributed by atoms with Crippen LogP contribution in [-0.4, -0.2) is 36.9 Å². The zero-order valence-corrected chi connectivity index (χ0v) is 13.3. The Kier molecular flexibility index (Phi) is 5.06. The highest BCUT2D eigenvalue weighted by molar-refractivity contribution is 7.50. The largest absolute Gasteiger partial charge is 0.508 e. The summed E-state index contributed by atoms with van der Waals surface area (Å²) in [6.07, 6.45) is 1.50. The summed E-state index contributed by atoms with van der Waals surface area (Å²) in [6, 6.07) is 6.25. The third-order valence-electron chi connectivity index (χ3n) is 3.60. The molecular formula is C15H18NO6P. The quantitative estimate of drug-likeness (QED) is 0.534. The lowest BCUT2D eigenvalue weighted by atomic mass is 9.86. The van der Waals surface area contributed by atoms with E-state index in [1.165, 1.54) is 24.3 Å². The van der Waals surface area contributed by atoms with Crippen molar-refractivity contribution >= 4 is 13.5 Å². The second-order valence-corrected chi connectivity index (χ2v) is 6.54. The first-order valence-corrected chi connectivity index (χ1v) is 8.46. The number of nitrogens with zero attached hydrogens (tertiary/aromatic N) is 1. The lowest BCUT2D eigenvalue weighted by Gasteiger charge is -2.25. The summed E-state index contributed by atoms with van der Waals surface area (Å²) in [5.74, 6) is -0.437. The number of aromatic hydroxyl groups is 1. The average Bonchev–Trinajstić information content (AvgIpc) is 2.47. The Hall–Kier alpha value is -1.92. The SMILES string of the molecule is CC(c1ccc(O)cc1)C(O)C1=CC(O)=CCC1=NP(=O)(O)O. The topological polar surface area (TPSA) is 131 Å². The fourth-order valence-electron chi connectivity index (χ4n) is 2.36. The van der Waals surface area contributed by atoms with E-state index in [1.54, 1.807) is 19.1 Å². The van der Waals surface area contributed by atoms with Gasteiger partial charge in [0.1, 0.15) is 11.5 Å². The molecule has 2 atom stereocenters. The van der Waals surface area contributed by atoms with Crippen molar-refractivity contribution in [2.24, 2.45) is 4.76 Å². The van der Waals surface area contributed by atoms with Gasteiger partial charge in [0.05, 0.1) is 11.8 Å². The van der Waals surface area contributed by atoms with Crippen LogP contribution in [0, 0.1) is 0 Å². The van der Waals surface area contributed by atoms with Gasteiger partial charge < -0.3 is 25.1 Å². The molecule has 0 fully saturated rings. The molecule has 124 valence electrons. The molecule has 0 amide bonds. The number of hydrogen-bond donors (Lipinski definition) is 5. The molecule has 2 unspecified atom stereocenters. The molecule has 0 aliphatic heterocycles. The van der Waals surface area contributed by atoms with Crippen LogP contribution in [0.3, 0.4) is 0 Å². The molecule has 0 heterocycles. The van der Waals surface area contributed by atoms with Crippen molar-refractivity contribution in [3.63, 3.8) is 0 Å². The summed E-state index contributed by atoms with van der Waals surface area (Å²) in [5.41, 5.74) is 0.920. The summed E-state index contributed by atoms with van der Waals surface area (Å²) in [5, 5.41) is 29.5. The van der Waals surface area contributed by atoms with Crippen molar-refractivity contribution in [3.05, 3.63) is 53.3 Å². The van der Waals surface area contributed by atoms with E-state index in [0.29, 0.717) is 0 Å². The highest BCUT2D eigenvalue weighted by atomic mass is 31.2. The number of phenolic OH excluding ortho intramolecular Hbond substituents is 1. The van der Waals surface area contributed by atoms with Crippen molar-refractivity contribution in [3.8, 4) is 5.75 Å². The molecule has 23 heavy (non-hydrogen) atoms. The number of allylic oxidation sites excluding steroid dienone is 2. The Morgan fingerprint density at radius 1 is 1.17 bits per heavy atom. The van der Waals surface area contributed by atoms with Crippen molar-refractivity contribution in [1.82, 2.24) is 0 Å². The Morgan fingerprint density at radius 2 is 1.78 bits per heavy atom. The first-order valence-electron chi connectivity index (χ1n) is 6.90.